The summed E-state index contributed by atoms with van der Waals surface area (Å²) in [5, 5.41) is 10.5. The van der Waals surface area contributed by atoms with E-state index in [0.29, 0.717) is 48.5 Å². The van der Waals surface area contributed by atoms with Crippen LogP contribution in [0.25, 0.3) is 0 Å². The van der Waals surface area contributed by atoms with Gasteiger partial charge in [0.2, 0.25) is 5.60 Å². The lowest BCUT2D eigenvalue weighted by atomic mass is 9.77. The number of alkyl halides is 6. The summed E-state index contributed by atoms with van der Waals surface area (Å²) in [5.41, 5.74) is 2.74. The first kappa shape index (κ1) is 41.3. The molecule has 1 aromatic carbocycles. The van der Waals surface area contributed by atoms with E-state index in [9.17, 15) is 45.8 Å². The minimum Gasteiger partial charge on any atom is -0.493 e. The standard InChI is InChI=1S/C39H44F6N4O6S/c1-2-7-30-37(55-26-21-31(56-23-26)39(43,44)45,13-6-17-49(30)33(50)32-28(38(40,41)42)9-5-16-47-32)35(53)48-18-14-36(46,15-19-48)27-8-3-4-10-29(27)54-22-24-11-12-25(20-24)34(51)52/h3-5,8-10,16,21,23-25,30H,2,6-7,11-15,17-20,22,46H2,1H3,(H,51,52). The molecule has 4 atom stereocenters. The van der Waals surface area contributed by atoms with Crippen molar-refractivity contribution in [2.75, 3.05) is 26.2 Å². The Balaban J connectivity index is 1.29. The number of rotatable bonds is 11. The molecule has 56 heavy (non-hydrogen) atoms. The normalized spacial score (nSPS) is 24.2. The van der Waals surface area contributed by atoms with Gasteiger partial charge >= 0.3 is 18.3 Å². The van der Waals surface area contributed by atoms with E-state index < -0.39 is 69.4 Å². The van der Waals surface area contributed by atoms with Crippen LogP contribution in [0.1, 0.15) is 91.2 Å². The Morgan fingerprint density at radius 2 is 1.73 bits per heavy atom. The van der Waals surface area contributed by atoms with Gasteiger partial charge in [-0.2, -0.15) is 26.3 Å². The molecule has 3 fully saturated rings. The molecule has 1 aliphatic carbocycles. The predicted octanol–water partition coefficient (Wildman–Crippen LogP) is 7.76. The predicted molar refractivity (Wildman–Crippen MR) is 193 cm³/mol. The summed E-state index contributed by atoms with van der Waals surface area (Å²) in [7, 11) is 0. The number of pyridine rings is 1. The molecule has 2 amide bonds. The minimum atomic E-state index is -4.91. The molecule has 3 aliphatic rings. The largest absolute Gasteiger partial charge is 0.493 e. The first-order valence-electron chi connectivity index (χ1n) is 18.7. The fraction of sp³-hybridized carbons (Fsp3) is 0.538. The fourth-order valence-electron chi connectivity index (χ4n) is 8.38. The average molecular weight is 811 g/mol. The molecule has 2 saturated heterocycles. The van der Waals surface area contributed by atoms with Crippen LogP contribution in [0.3, 0.4) is 0 Å². The molecule has 4 unspecified atom stereocenters. The zero-order chi connectivity index (χ0) is 40.5. The third-order valence-corrected chi connectivity index (χ3v) is 12.2. The number of carbonyl (C=O) groups excluding carboxylic acids is 2. The number of ether oxygens (including phenoxy) is 2. The first-order valence-corrected chi connectivity index (χ1v) is 19.6. The van der Waals surface area contributed by atoms with Gasteiger partial charge in [-0.25, -0.2) is 0 Å². The topological polar surface area (TPSA) is 135 Å². The molecule has 0 radical (unpaired) electrons. The van der Waals surface area contributed by atoms with Gasteiger partial charge in [-0.1, -0.05) is 31.5 Å². The molecule has 304 valence electrons. The molecule has 6 rings (SSSR count). The number of carbonyl (C=O) groups is 3. The Bertz CT molecular complexity index is 1900. The van der Waals surface area contributed by atoms with E-state index in [-0.39, 0.29) is 63.4 Å². The molecular weight excluding hydrogens is 767 g/mol. The molecule has 17 heteroatoms. The summed E-state index contributed by atoms with van der Waals surface area (Å²) < 4.78 is 95.9. The number of halogens is 6. The second kappa shape index (κ2) is 16.2. The lowest BCUT2D eigenvalue weighted by Crippen LogP contribution is -2.69. The molecule has 10 nitrogen and oxygen atoms in total. The second-order valence-electron chi connectivity index (χ2n) is 14.9. The molecule has 0 spiro atoms. The summed E-state index contributed by atoms with van der Waals surface area (Å²) >= 11 is 0.381. The Kier molecular flexibility index (Phi) is 12.0. The minimum absolute atomic E-state index is 0.0172. The quantitative estimate of drug-likeness (QED) is 0.188. The van der Waals surface area contributed by atoms with Crippen LogP contribution in [-0.2, 0) is 27.5 Å². The van der Waals surface area contributed by atoms with Crippen molar-refractivity contribution in [3.8, 4) is 11.5 Å². The Morgan fingerprint density at radius 3 is 2.38 bits per heavy atom. The zero-order valence-corrected chi connectivity index (χ0v) is 31.5. The van der Waals surface area contributed by atoms with Crippen LogP contribution in [0.5, 0.6) is 11.5 Å². The third kappa shape index (κ3) is 8.48. The number of carboxylic acids is 1. The number of hydrogen-bond acceptors (Lipinski definition) is 8. The lowest BCUT2D eigenvalue weighted by molar-refractivity contribution is -0.161. The van der Waals surface area contributed by atoms with Gasteiger partial charge in [-0.05, 0) is 69.1 Å². The van der Waals surface area contributed by atoms with Gasteiger partial charge in [0, 0.05) is 54.8 Å². The van der Waals surface area contributed by atoms with Gasteiger partial charge in [-0.15, -0.1) is 11.3 Å². The number of amides is 2. The van der Waals surface area contributed by atoms with Crippen molar-refractivity contribution < 1.29 is 55.3 Å². The van der Waals surface area contributed by atoms with E-state index in [2.05, 4.69) is 4.98 Å². The fourth-order valence-corrected chi connectivity index (χ4v) is 9.06. The van der Waals surface area contributed by atoms with E-state index in [4.69, 9.17) is 15.2 Å². The van der Waals surface area contributed by atoms with Crippen LogP contribution in [0.2, 0.25) is 0 Å². The average Bonchev–Trinajstić information content (AvgIpc) is 3.85. The maximum absolute atomic E-state index is 15.0. The van der Waals surface area contributed by atoms with Crippen molar-refractivity contribution in [2.24, 2.45) is 17.6 Å². The van der Waals surface area contributed by atoms with Crippen molar-refractivity contribution in [3.63, 3.8) is 0 Å². The number of likely N-dealkylation sites (tertiary alicyclic amines) is 2. The van der Waals surface area contributed by atoms with Crippen molar-refractivity contribution in [2.45, 2.75) is 94.2 Å². The number of nitrogens with zero attached hydrogens (tertiary/aromatic N) is 3. The van der Waals surface area contributed by atoms with E-state index in [1.807, 2.05) is 12.1 Å². The van der Waals surface area contributed by atoms with Gasteiger partial charge in [0.05, 0.1) is 24.1 Å². The Labute approximate surface area is 324 Å². The van der Waals surface area contributed by atoms with Crippen molar-refractivity contribution in [1.82, 2.24) is 14.8 Å². The van der Waals surface area contributed by atoms with Crippen molar-refractivity contribution in [3.05, 3.63) is 75.7 Å². The third-order valence-electron chi connectivity index (χ3n) is 11.2. The number of aliphatic carboxylic acids is 1. The highest BCUT2D eigenvalue weighted by atomic mass is 32.1. The smallest absolute Gasteiger partial charge is 0.425 e. The maximum Gasteiger partial charge on any atom is 0.425 e. The number of para-hydroxylation sites is 1. The van der Waals surface area contributed by atoms with Gasteiger partial charge in [-0.3, -0.25) is 19.4 Å². The summed E-state index contributed by atoms with van der Waals surface area (Å²) in [6.07, 6.45) is -5.66. The van der Waals surface area contributed by atoms with Gasteiger partial charge in [0.15, 0.2) is 0 Å². The van der Waals surface area contributed by atoms with Gasteiger partial charge in [0.25, 0.3) is 11.8 Å². The zero-order valence-electron chi connectivity index (χ0n) is 30.7. The summed E-state index contributed by atoms with van der Waals surface area (Å²) in [4.78, 5) is 46.0. The highest BCUT2D eigenvalue weighted by Gasteiger charge is 2.56. The van der Waals surface area contributed by atoms with E-state index in [0.717, 1.165) is 41.1 Å². The first-order chi connectivity index (χ1) is 26.5. The molecule has 4 heterocycles. The SMILES string of the molecule is CCCC1N(C(=O)c2ncccc2C(F)(F)F)CCCC1(Oc1csc(C(F)(F)F)c1)C(=O)N1CCC(N)(c2ccccc2OCC2CCC(C(=O)O)C2)CC1. The number of nitrogens with two attached hydrogens (primary N) is 1. The van der Waals surface area contributed by atoms with Crippen LogP contribution in [0.15, 0.2) is 54.0 Å². The van der Waals surface area contributed by atoms with Crippen LogP contribution in [0, 0.1) is 11.8 Å². The van der Waals surface area contributed by atoms with Crippen LogP contribution < -0.4 is 15.2 Å². The number of thiophene rings is 1. The number of piperidine rings is 2. The summed E-state index contributed by atoms with van der Waals surface area (Å²) in [6.45, 7) is 2.24. The number of benzene rings is 1. The molecule has 3 N–H and O–H groups in total. The molecule has 3 aromatic rings. The van der Waals surface area contributed by atoms with Crippen molar-refractivity contribution >= 4 is 29.1 Å². The highest BCUT2D eigenvalue weighted by Crippen LogP contribution is 2.44. The maximum atomic E-state index is 15.0. The van der Waals surface area contributed by atoms with Crippen LogP contribution in [-0.4, -0.2) is 75.6 Å². The highest BCUT2D eigenvalue weighted by molar-refractivity contribution is 7.10. The second-order valence-corrected chi connectivity index (χ2v) is 15.8. The molecule has 0 bridgehead atoms. The summed E-state index contributed by atoms with van der Waals surface area (Å²) in [5.74, 6) is -2.52. The van der Waals surface area contributed by atoms with Crippen LogP contribution >= 0.6 is 11.3 Å². The van der Waals surface area contributed by atoms with E-state index >= 15 is 0 Å². The van der Waals surface area contributed by atoms with Crippen LogP contribution in [0.4, 0.5) is 26.3 Å². The molecule has 2 aromatic heterocycles. The number of hydrogen-bond donors (Lipinski definition) is 2. The molecule has 2 aliphatic heterocycles. The van der Waals surface area contributed by atoms with Gasteiger partial charge < -0.3 is 30.1 Å². The Hall–Kier alpha value is -4.38. The molecular formula is C39H44F6N4O6S. The van der Waals surface area contributed by atoms with E-state index in [1.54, 1.807) is 19.1 Å². The van der Waals surface area contributed by atoms with E-state index in [1.165, 1.54) is 4.90 Å². The monoisotopic (exact) mass is 810 g/mol. The number of aromatic nitrogens is 1. The summed E-state index contributed by atoms with van der Waals surface area (Å²) in [6, 6.07) is 8.70. The molecule has 1 saturated carbocycles. The Morgan fingerprint density at radius 1 is 1.00 bits per heavy atom. The lowest BCUT2D eigenvalue weighted by Gasteiger charge is -2.51. The number of carboxylic acid groups (broad SMARTS) is 1. The van der Waals surface area contributed by atoms with Gasteiger partial charge in [0.1, 0.15) is 22.1 Å². The van der Waals surface area contributed by atoms with Crippen molar-refractivity contribution in [1.29, 1.82) is 0 Å².